The third kappa shape index (κ3) is 3.44. The van der Waals surface area contributed by atoms with Crippen LogP contribution in [-0.2, 0) is 9.59 Å². The Bertz CT molecular complexity index is 593. The van der Waals surface area contributed by atoms with Gasteiger partial charge in [0.15, 0.2) is 17.4 Å². The molecule has 0 aliphatic heterocycles. The minimum atomic E-state index is -0.263. The molecule has 0 unspecified atom stereocenters. The number of pyridine rings is 1. The lowest BCUT2D eigenvalue weighted by atomic mass is 9.74. The van der Waals surface area contributed by atoms with Crippen molar-refractivity contribution in [2.75, 3.05) is 0 Å². The van der Waals surface area contributed by atoms with Gasteiger partial charge in [-0.25, -0.2) is 4.98 Å². The Hall–Kier alpha value is -2.17. The first kappa shape index (κ1) is 14.2. The summed E-state index contributed by atoms with van der Waals surface area (Å²) in [5, 5.41) is 7.71. The summed E-state index contributed by atoms with van der Waals surface area (Å²) in [4.78, 5) is 28.0. The molecule has 1 fully saturated rings. The van der Waals surface area contributed by atoms with Gasteiger partial charge in [0.05, 0.1) is 11.8 Å². The number of hydrogen-bond donors (Lipinski definition) is 0. The van der Waals surface area contributed by atoms with E-state index in [1.807, 2.05) is 32.9 Å². The number of azo groups is 1. The van der Waals surface area contributed by atoms with Crippen LogP contribution in [0.5, 0.6) is 0 Å². The van der Waals surface area contributed by atoms with Gasteiger partial charge in [-0.15, -0.1) is 5.11 Å². The average Bonchev–Trinajstić information content (AvgIpc) is 2.31. The van der Waals surface area contributed by atoms with E-state index in [1.54, 1.807) is 6.07 Å². The number of nitrogens with zero attached hydrogens (tertiary/aromatic N) is 3. The summed E-state index contributed by atoms with van der Waals surface area (Å²) in [5.74, 6) is 0.127. The van der Waals surface area contributed by atoms with Crippen molar-refractivity contribution in [3.05, 3.63) is 35.7 Å². The number of carbonyl (C=O) groups is 2. The van der Waals surface area contributed by atoms with E-state index in [0.717, 1.165) is 5.69 Å². The third-order valence-electron chi connectivity index (χ3n) is 3.10. The summed E-state index contributed by atoms with van der Waals surface area (Å²) < 4.78 is 0. The molecule has 0 aromatic carbocycles. The average molecular weight is 271 g/mol. The van der Waals surface area contributed by atoms with Crippen LogP contribution in [0.1, 0.15) is 32.4 Å². The van der Waals surface area contributed by atoms with Crippen LogP contribution in [-0.4, -0.2) is 16.6 Å². The number of carbonyl (C=O) groups excluding carboxylic acids is 2. The van der Waals surface area contributed by atoms with E-state index in [4.69, 9.17) is 0 Å². The number of Topliss-reactive ketones (excluding diaryl/α,β-unsaturated/α-hetero) is 2. The summed E-state index contributed by atoms with van der Waals surface area (Å²) >= 11 is 0. The molecule has 0 N–H and O–H groups in total. The molecule has 0 radical (unpaired) electrons. The van der Waals surface area contributed by atoms with Crippen LogP contribution >= 0.6 is 0 Å². The maximum Gasteiger partial charge on any atom is 0.174 e. The zero-order valence-electron chi connectivity index (χ0n) is 11.9. The Morgan fingerprint density at radius 3 is 2.45 bits per heavy atom. The predicted molar refractivity (Wildman–Crippen MR) is 74.6 cm³/mol. The number of rotatable bonds is 2. The lowest BCUT2D eigenvalue weighted by Crippen LogP contribution is -2.31. The molecule has 104 valence electrons. The molecule has 0 amide bonds. The number of ketones is 2. The van der Waals surface area contributed by atoms with Crippen molar-refractivity contribution < 1.29 is 9.59 Å². The minimum absolute atomic E-state index is 0.140. The second-order valence-electron chi connectivity index (χ2n) is 5.76. The minimum Gasteiger partial charge on any atom is -0.294 e. The van der Waals surface area contributed by atoms with E-state index in [1.165, 1.54) is 6.20 Å². The van der Waals surface area contributed by atoms with Gasteiger partial charge in [-0.05, 0) is 24.5 Å². The van der Waals surface area contributed by atoms with Crippen molar-refractivity contribution >= 4 is 17.4 Å². The third-order valence-corrected chi connectivity index (χ3v) is 3.10. The van der Waals surface area contributed by atoms with E-state index in [2.05, 4.69) is 15.2 Å². The Kier molecular flexibility index (Phi) is 3.88. The van der Waals surface area contributed by atoms with E-state index in [-0.39, 0.29) is 22.6 Å². The van der Waals surface area contributed by atoms with E-state index < -0.39 is 0 Å². The van der Waals surface area contributed by atoms with Crippen LogP contribution in [0.25, 0.3) is 0 Å². The number of aromatic nitrogens is 1. The molecule has 1 aliphatic rings. The Morgan fingerprint density at radius 1 is 1.20 bits per heavy atom. The molecule has 0 spiro atoms. The predicted octanol–water partition coefficient (Wildman–Crippen LogP) is 3.32. The Balaban J connectivity index is 2.15. The molecule has 2 rings (SSSR count). The highest BCUT2D eigenvalue weighted by atomic mass is 16.1. The molecular formula is C15H17N3O2. The molecule has 0 saturated heterocycles. The molecular weight excluding hydrogens is 254 g/mol. The van der Waals surface area contributed by atoms with E-state index in [0.29, 0.717) is 18.7 Å². The zero-order chi connectivity index (χ0) is 14.8. The van der Waals surface area contributed by atoms with E-state index >= 15 is 0 Å². The summed E-state index contributed by atoms with van der Waals surface area (Å²) in [5.41, 5.74) is 0.710. The van der Waals surface area contributed by atoms with Crippen LogP contribution in [0.15, 0.2) is 40.2 Å². The van der Waals surface area contributed by atoms with Crippen molar-refractivity contribution in [2.45, 2.75) is 33.6 Å². The van der Waals surface area contributed by atoms with Crippen LogP contribution in [0.2, 0.25) is 0 Å². The molecule has 1 aromatic heterocycles. The van der Waals surface area contributed by atoms with Gasteiger partial charge in [0.25, 0.3) is 0 Å². The standard InChI is InChI=1S/C15H17N3O2/c1-10-5-4-6-14(17-10)18-16-9-11-12(19)7-15(2,3)8-13(11)20/h4-6,9H,7-8H2,1-3H3. The smallest absolute Gasteiger partial charge is 0.174 e. The second kappa shape index (κ2) is 5.45. The quantitative estimate of drug-likeness (QED) is 0.470. The molecule has 5 nitrogen and oxygen atoms in total. The summed E-state index contributed by atoms with van der Waals surface area (Å²) in [6.45, 7) is 5.68. The van der Waals surface area contributed by atoms with Gasteiger partial charge < -0.3 is 0 Å². The topological polar surface area (TPSA) is 71.8 Å². The summed E-state index contributed by atoms with van der Waals surface area (Å²) in [6, 6.07) is 5.39. The Labute approximate surface area is 117 Å². The number of aryl methyl sites for hydroxylation is 1. The zero-order valence-corrected chi connectivity index (χ0v) is 11.9. The highest BCUT2D eigenvalue weighted by Gasteiger charge is 2.35. The van der Waals surface area contributed by atoms with Crippen molar-refractivity contribution in [1.82, 2.24) is 4.98 Å². The first-order chi connectivity index (χ1) is 9.37. The first-order valence-corrected chi connectivity index (χ1v) is 6.48. The van der Waals surface area contributed by atoms with Crippen LogP contribution in [0, 0.1) is 12.3 Å². The van der Waals surface area contributed by atoms with Crippen LogP contribution in [0.3, 0.4) is 0 Å². The normalized spacial score (nSPS) is 18.6. The van der Waals surface area contributed by atoms with Gasteiger partial charge in [-0.1, -0.05) is 19.9 Å². The molecule has 0 atom stereocenters. The van der Waals surface area contributed by atoms with Gasteiger partial charge in [0.1, 0.15) is 0 Å². The molecule has 0 bridgehead atoms. The second-order valence-corrected chi connectivity index (χ2v) is 5.76. The number of allylic oxidation sites excluding steroid dienone is 1. The maximum absolute atomic E-state index is 11.9. The van der Waals surface area contributed by atoms with Crippen LogP contribution < -0.4 is 0 Å². The maximum atomic E-state index is 11.9. The van der Waals surface area contributed by atoms with Gasteiger partial charge in [0, 0.05) is 18.5 Å². The Morgan fingerprint density at radius 2 is 1.85 bits per heavy atom. The monoisotopic (exact) mass is 271 g/mol. The lowest BCUT2D eigenvalue weighted by molar-refractivity contribution is -0.127. The SMILES string of the molecule is Cc1cccc(N=NC=C2C(=O)CC(C)(C)CC2=O)n1. The molecule has 20 heavy (non-hydrogen) atoms. The van der Waals surface area contributed by atoms with Gasteiger partial charge in [-0.2, -0.15) is 5.11 Å². The van der Waals surface area contributed by atoms with Crippen LogP contribution in [0.4, 0.5) is 5.82 Å². The summed E-state index contributed by atoms with van der Waals surface area (Å²) in [6.07, 6.45) is 1.98. The van der Waals surface area contributed by atoms with Crippen molar-refractivity contribution in [1.29, 1.82) is 0 Å². The lowest BCUT2D eigenvalue weighted by Gasteiger charge is -2.27. The van der Waals surface area contributed by atoms with Gasteiger partial charge in [0.2, 0.25) is 0 Å². The molecule has 1 aliphatic carbocycles. The van der Waals surface area contributed by atoms with Crippen molar-refractivity contribution in [2.24, 2.45) is 15.6 Å². The summed E-state index contributed by atoms with van der Waals surface area (Å²) in [7, 11) is 0. The molecule has 5 heteroatoms. The highest BCUT2D eigenvalue weighted by molar-refractivity contribution is 6.22. The fraction of sp³-hybridized carbons (Fsp3) is 0.400. The highest BCUT2D eigenvalue weighted by Crippen LogP contribution is 2.33. The van der Waals surface area contributed by atoms with Crippen molar-refractivity contribution in [3.63, 3.8) is 0 Å². The van der Waals surface area contributed by atoms with Gasteiger partial charge in [-0.3, -0.25) is 9.59 Å². The largest absolute Gasteiger partial charge is 0.294 e. The fourth-order valence-electron chi connectivity index (χ4n) is 2.15. The first-order valence-electron chi connectivity index (χ1n) is 6.48. The molecule has 1 heterocycles. The fourth-order valence-corrected chi connectivity index (χ4v) is 2.15. The number of hydrogen-bond acceptors (Lipinski definition) is 5. The van der Waals surface area contributed by atoms with Gasteiger partial charge >= 0.3 is 0 Å². The molecule has 1 aromatic rings. The van der Waals surface area contributed by atoms with E-state index in [9.17, 15) is 9.59 Å². The molecule has 1 saturated carbocycles. The van der Waals surface area contributed by atoms with Crippen molar-refractivity contribution in [3.8, 4) is 0 Å².